The van der Waals surface area contributed by atoms with Crippen LogP contribution in [0.3, 0.4) is 0 Å². The Labute approximate surface area is 97.1 Å². The van der Waals surface area contributed by atoms with Crippen LogP contribution in [-0.4, -0.2) is 21.3 Å². The minimum atomic E-state index is -1.07. The van der Waals surface area contributed by atoms with Crippen LogP contribution in [-0.2, 0) is 6.67 Å². The molecule has 88 valence electrons. The quantitative estimate of drug-likeness (QED) is 0.857. The number of nitrogens with one attached hydrogen (secondary N) is 1. The maximum atomic E-state index is 12.6. The third-order valence-electron chi connectivity index (χ3n) is 2.54. The van der Waals surface area contributed by atoms with Crippen LogP contribution < -0.4 is 0 Å². The number of alkyl halides is 1. The molecule has 4 nitrogen and oxygen atoms in total. The number of H-pyrrole nitrogens is 1. The van der Waals surface area contributed by atoms with Crippen molar-refractivity contribution >= 4 is 5.97 Å². The molecule has 0 unspecified atom stereocenters. The van der Waals surface area contributed by atoms with Gasteiger partial charge in [0.2, 0.25) is 0 Å². The van der Waals surface area contributed by atoms with Gasteiger partial charge in [0.15, 0.2) is 0 Å². The van der Waals surface area contributed by atoms with Crippen molar-refractivity contribution in [2.75, 3.05) is 0 Å². The Balaban J connectivity index is 2.47. The average molecular weight is 234 g/mol. The molecule has 0 aliphatic heterocycles. The summed E-state index contributed by atoms with van der Waals surface area (Å²) in [6.07, 6.45) is 0. The molecule has 0 amide bonds. The second-order valence-electron chi connectivity index (χ2n) is 3.75. The SMILES string of the molecule is Cc1ccc(CF)cc1-c1cc(C(=O)O)[nH]n1. The summed E-state index contributed by atoms with van der Waals surface area (Å²) < 4.78 is 12.6. The molecule has 0 aliphatic carbocycles. The maximum Gasteiger partial charge on any atom is 0.353 e. The lowest BCUT2D eigenvalue weighted by Crippen LogP contribution is -1.95. The Bertz CT molecular complexity index is 563. The molecule has 2 aromatic rings. The Kier molecular flexibility index (Phi) is 2.91. The predicted octanol–water partition coefficient (Wildman–Crippen LogP) is 2.55. The third kappa shape index (κ3) is 2.18. The van der Waals surface area contributed by atoms with Crippen molar-refractivity contribution in [1.29, 1.82) is 0 Å². The van der Waals surface area contributed by atoms with E-state index in [1.165, 1.54) is 6.07 Å². The second-order valence-corrected chi connectivity index (χ2v) is 3.75. The van der Waals surface area contributed by atoms with Crippen LogP contribution in [0.5, 0.6) is 0 Å². The van der Waals surface area contributed by atoms with Crippen molar-refractivity contribution in [2.24, 2.45) is 0 Å². The van der Waals surface area contributed by atoms with E-state index in [2.05, 4.69) is 10.2 Å². The molecule has 0 saturated carbocycles. The number of carboxylic acids is 1. The molecule has 0 atom stereocenters. The van der Waals surface area contributed by atoms with Gasteiger partial charge >= 0.3 is 5.97 Å². The lowest BCUT2D eigenvalue weighted by atomic mass is 10.0. The van der Waals surface area contributed by atoms with E-state index in [-0.39, 0.29) is 5.69 Å². The standard InChI is InChI=1S/C12H11FN2O2/c1-7-2-3-8(6-13)4-9(7)10-5-11(12(16)17)15-14-10/h2-5H,6H2,1H3,(H,14,15)(H,16,17). The molecule has 0 aliphatic rings. The minimum absolute atomic E-state index is 0.0186. The largest absolute Gasteiger partial charge is 0.477 e. The van der Waals surface area contributed by atoms with Crippen molar-refractivity contribution < 1.29 is 14.3 Å². The van der Waals surface area contributed by atoms with Crippen molar-refractivity contribution in [3.63, 3.8) is 0 Å². The van der Waals surface area contributed by atoms with Gasteiger partial charge in [-0.15, -0.1) is 0 Å². The van der Waals surface area contributed by atoms with Gasteiger partial charge in [-0.3, -0.25) is 5.10 Å². The van der Waals surface area contributed by atoms with Crippen LogP contribution in [0, 0.1) is 6.92 Å². The van der Waals surface area contributed by atoms with Crippen LogP contribution in [0.15, 0.2) is 24.3 Å². The lowest BCUT2D eigenvalue weighted by Gasteiger charge is -2.03. The molecule has 0 radical (unpaired) electrons. The number of hydrogen-bond acceptors (Lipinski definition) is 2. The molecule has 17 heavy (non-hydrogen) atoms. The third-order valence-corrected chi connectivity index (χ3v) is 2.54. The van der Waals surface area contributed by atoms with Crippen molar-refractivity contribution in [1.82, 2.24) is 10.2 Å². The monoisotopic (exact) mass is 234 g/mol. The highest BCUT2D eigenvalue weighted by atomic mass is 19.1. The summed E-state index contributed by atoms with van der Waals surface area (Å²) in [5.41, 5.74) is 2.74. The Morgan fingerprint density at radius 3 is 2.82 bits per heavy atom. The Morgan fingerprint density at radius 2 is 2.24 bits per heavy atom. The zero-order chi connectivity index (χ0) is 12.4. The fraction of sp³-hybridized carbons (Fsp3) is 0.167. The fourth-order valence-corrected chi connectivity index (χ4v) is 1.60. The Morgan fingerprint density at radius 1 is 1.47 bits per heavy atom. The van der Waals surface area contributed by atoms with E-state index in [0.29, 0.717) is 11.3 Å². The number of aryl methyl sites for hydroxylation is 1. The number of halogens is 1. The van der Waals surface area contributed by atoms with E-state index in [0.717, 1.165) is 11.1 Å². The van der Waals surface area contributed by atoms with Crippen LogP contribution >= 0.6 is 0 Å². The van der Waals surface area contributed by atoms with E-state index >= 15 is 0 Å². The van der Waals surface area contributed by atoms with Crippen LogP contribution in [0.4, 0.5) is 4.39 Å². The summed E-state index contributed by atoms with van der Waals surface area (Å²) in [4.78, 5) is 10.7. The first kappa shape index (κ1) is 11.3. The molecule has 1 aromatic carbocycles. The predicted molar refractivity (Wildman–Crippen MR) is 60.5 cm³/mol. The zero-order valence-corrected chi connectivity index (χ0v) is 9.20. The first-order valence-corrected chi connectivity index (χ1v) is 5.06. The van der Waals surface area contributed by atoms with Gasteiger partial charge in [0.25, 0.3) is 0 Å². The van der Waals surface area contributed by atoms with Crippen LogP contribution in [0.2, 0.25) is 0 Å². The highest BCUT2D eigenvalue weighted by Gasteiger charge is 2.11. The van der Waals surface area contributed by atoms with Crippen LogP contribution in [0.25, 0.3) is 11.3 Å². The van der Waals surface area contributed by atoms with Gasteiger partial charge in [-0.1, -0.05) is 12.1 Å². The molecule has 0 fully saturated rings. The second kappa shape index (κ2) is 4.37. The molecule has 2 rings (SSSR count). The molecule has 1 heterocycles. The van der Waals surface area contributed by atoms with E-state index in [1.807, 2.05) is 6.92 Å². The first-order valence-electron chi connectivity index (χ1n) is 5.06. The van der Waals surface area contributed by atoms with Gasteiger partial charge in [0.05, 0.1) is 5.69 Å². The van der Waals surface area contributed by atoms with Gasteiger partial charge < -0.3 is 5.11 Å². The lowest BCUT2D eigenvalue weighted by molar-refractivity contribution is 0.0690. The van der Waals surface area contributed by atoms with Crippen molar-refractivity contribution in [3.8, 4) is 11.3 Å². The van der Waals surface area contributed by atoms with Gasteiger partial charge in [0.1, 0.15) is 12.4 Å². The van der Waals surface area contributed by atoms with Crippen LogP contribution in [0.1, 0.15) is 21.6 Å². The summed E-state index contributed by atoms with van der Waals surface area (Å²) in [5.74, 6) is -1.07. The number of aromatic amines is 1. The first-order chi connectivity index (χ1) is 8.11. The molecule has 0 bridgehead atoms. The normalized spacial score (nSPS) is 10.5. The molecule has 5 heteroatoms. The average Bonchev–Trinajstić information content (AvgIpc) is 2.79. The number of aromatic carboxylic acids is 1. The summed E-state index contributed by atoms with van der Waals surface area (Å²) in [6.45, 7) is 1.32. The van der Waals surface area contributed by atoms with E-state index < -0.39 is 12.6 Å². The van der Waals surface area contributed by atoms with Crippen molar-refractivity contribution in [3.05, 3.63) is 41.1 Å². The van der Waals surface area contributed by atoms with Gasteiger partial charge in [-0.05, 0) is 30.2 Å². The molecule has 1 aromatic heterocycles. The molecule has 2 N–H and O–H groups in total. The topological polar surface area (TPSA) is 66.0 Å². The maximum absolute atomic E-state index is 12.6. The summed E-state index contributed by atoms with van der Waals surface area (Å²) in [5, 5.41) is 15.1. The molecular weight excluding hydrogens is 223 g/mol. The van der Waals surface area contributed by atoms with Crippen molar-refractivity contribution in [2.45, 2.75) is 13.6 Å². The molecule has 0 spiro atoms. The minimum Gasteiger partial charge on any atom is -0.477 e. The number of rotatable bonds is 3. The number of benzene rings is 1. The smallest absolute Gasteiger partial charge is 0.353 e. The Hall–Kier alpha value is -2.17. The van der Waals surface area contributed by atoms with E-state index in [4.69, 9.17) is 5.11 Å². The van der Waals surface area contributed by atoms with Gasteiger partial charge in [0, 0.05) is 5.56 Å². The number of aromatic nitrogens is 2. The number of nitrogens with zero attached hydrogens (tertiary/aromatic N) is 1. The van der Waals surface area contributed by atoms with Gasteiger partial charge in [-0.25, -0.2) is 9.18 Å². The summed E-state index contributed by atoms with van der Waals surface area (Å²) in [6, 6.07) is 6.60. The highest BCUT2D eigenvalue weighted by molar-refractivity contribution is 5.87. The van der Waals surface area contributed by atoms with E-state index in [9.17, 15) is 9.18 Å². The number of hydrogen-bond donors (Lipinski definition) is 2. The summed E-state index contributed by atoms with van der Waals surface area (Å²) >= 11 is 0. The fourth-order valence-electron chi connectivity index (χ4n) is 1.60. The highest BCUT2D eigenvalue weighted by Crippen LogP contribution is 2.23. The van der Waals surface area contributed by atoms with E-state index in [1.54, 1.807) is 18.2 Å². The number of carbonyl (C=O) groups is 1. The number of carboxylic acid groups (broad SMARTS) is 1. The zero-order valence-electron chi connectivity index (χ0n) is 9.20. The summed E-state index contributed by atoms with van der Waals surface area (Å²) in [7, 11) is 0. The molecular formula is C12H11FN2O2. The molecule has 0 saturated heterocycles. The van der Waals surface area contributed by atoms with Gasteiger partial charge in [-0.2, -0.15) is 5.10 Å².